The summed E-state index contributed by atoms with van der Waals surface area (Å²) in [5.74, 6) is -1.32. The third-order valence-corrected chi connectivity index (χ3v) is 4.10. The minimum absolute atomic E-state index is 0.316. The minimum atomic E-state index is -1.00. The van der Waals surface area contributed by atoms with Gasteiger partial charge in [-0.25, -0.2) is 4.79 Å². The molecule has 98 valence electrons. The third kappa shape index (κ3) is 2.70. The molecule has 1 atom stereocenters. The number of carboxylic acids is 1. The first-order chi connectivity index (χ1) is 8.61. The monoisotopic (exact) mass is 269 g/mol. The summed E-state index contributed by atoms with van der Waals surface area (Å²) >= 11 is 1.42. The van der Waals surface area contributed by atoms with Gasteiger partial charge >= 0.3 is 5.97 Å². The molecule has 0 bridgehead atoms. The highest BCUT2D eigenvalue weighted by atomic mass is 32.1. The summed E-state index contributed by atoms with van der Waals surface area (Å²) in [4.78, 5) is 24.5. The van der Waals surface area contributed by atoms with Crippen molar-refractivity contribution < 1.29 is 19.4 Å². The van der Waals surface area contributed by atoms with E-state index in [2.05, 4.69) is 5.32 Å². The maximum absolute atomic E-state index is 11.9. The van der Waals surface area contributed by atoms with Crippen molar-refractivity contribution in [2.45, 2.75) is 32.4 Å². The van der Waals surface area contributed by atoms with Crippen LogP contribution in [0.2, 0.25) is 0 Å². The van der Waals surface area contributed by atoms with Crippen molar-refractivity contribution in [1.82, 2.24) is 5.32 Å². The number of nitrogens with one attached hydrogen (secondary N) is 1. The fourth-order valence-electron chi connectivity index (χ4n) is 1.83. The van der Waals surface area contributed by atoms with Crippen LogP contribution in [0.1, 0.15) is 33.5 Å². The fourth-order valence-corrected chi connectivity index (χ4v) is 2.88. The van der Waals surface area contributed by atoms with Gasteiger partial charge in [0.05, 0.1) is 18.1 Å². The topological polar surface area (TPSA) is 75.6 Å². The summed E-state index contributed by atoms with van der Waals surface area (Å²) in [6, 6.07) is 0.969. The van der Waals surface area contributed by atoms with Gasteiger partial charge < -0.3 is 15.2 Å². The first-order valence-corrected chi connectivity index (χ1v) is 6.66. The number of hydrogen-bond donors (Lipinski definition) is 2. The van der Waals surface area contributed by atoms with Crippen LogP contribution < -0.4 is 5.32 Å². The molecule has 2 N–H and O–H groups in total. The second-order valence-electron chi connectivity index (χ2n) is 4.13. The van der Waals surface area contributed by atoms with Gasteiger partial charge in [-0.15, -0.1) is 11.3 Å². The SMILES string of the molecule is CCC(NC(=O)c1cc2c(s1)CCOC2)C(=O)O. The van der Waals surface area contributed by atoms with Gasteiger partial charge in [0, 0.05) is 11.3 Å². The highest BCUT2D eigenvalue weighted by Crippen LogP contribution is 2.26. The lowest BCUT2D eigenvalue weighted by Crippen LogP contribution is -2.39. The Labute approximate surface area is 109 Å². The summed E-state index contributed by atoms with van der Waals surface area (Å²) < 4.78 is 5.31. The smallest absolute Gasteiger partial charge is 0.326 e. The van der Waals surface area contributed by atoms with E-state index < -0.39 is 12.0 Å². The van der Waals surface area contributed by atoms with E-state index in [1.54, 1.807) is 13.0 Å². The molecule has 2 rings (SSSR count). The number of carbonyl (C=O) groups is 2. The van der Waals surface area contributed by atoms with Crippen molar-refractivity contribution in [1.29, 1.82) is 0 Å². The van der Waals surface area contributed by atoms with Gasteiger partial charge in [-0.05, 0) is 18.1 Å². The first kappa shape index (κ1) is 13.0. The average Bonchev–Trinajstić information content (AvgIpc) is 2.79. The molecule has 1 aliphatic rings. The summed E-state index contributed by atoms with van der Waals surface area (Å²) in [5, 5.41) is 11.4. The van der Waals surface area contributed by atoms with E-state index >= 15 is 0 Å². The zero-order valence-electron chi connectivity index (χ0n) is 10.1. The number of ether oxygens (including phenoxy) is 1. The van der Waals surface area contributed by atoms with Crippen molar-refractivity contribution in [2.24, 2.45) is 0 Å². The summed E-state index contributed by atoms with van der Waals surface area (Å²) in [6.45, 7) is 2.95. The Bertz CT molecular complexity index is 445. The van der Waals surface area contributed by atoms with Crippen LogP contribution in [0.3, 0.4) is 0 Å². The van der Waals surface area contributed by atoms with Crippen LogP contribution in [-0.2, 0) is 22.6 Å². The molecule has 0 aliphatic carbocycles. The van der Waals surface area contributed by atoms with Crippen molar-refractivity contribution >= 4 is 23.2 Å². The van der Waals surface area contributed by atoms with Gasteiger partial charge in [0.25, 0.3) is 5.91 Å². The average molecular weight is 269 g/mol. The van der Waals surface area contributed by atoms with E-state index in [1.165, 1.54) is 11.3 Å². The van der Waals surface area contributed by atoms with Crippen molar-refractivity contribution in [2.75, 3.05) is 6.61 Å². The van der Waals surface area contributed by atoms with E-state index in [0.717, 1.165) is 16.9 Å². The van der Waals surface area contributed by atoms with Gasteiger partial charge in [0.15, 0.2) is 0 Å². The van der Waals surface area contributed by atoms with Crippen LogP contribution in [0, 0.1) is 0 Å². The first-order valence-electron chi connectivity index (χ1n) is 5.84. The lowest BCUT2D eigenvalue weighted by atomic mass is 10.2. The number of rotatable bonds is 4. The Morgan fingerprint density at radius 3 is 3.00 bits per heavy atom. The van der Waals surface area contributed by atoms with Crippen LogP contribution in [0.5, 0.6) is 0 Å². The number of thiophene rings is 1. The standard InChI is InChI=1S/C12H15NO4S/c1-2-8(12(15)16)13-11(14)10-5-7-6-17-4-3-9(7)18-10/h5,8H,2-4,6H2,1H3,(H,13,14)(H,15,16). The van der Waals surface area contributed by atoms with Crippen LogP contribution >= 0.6 is 11.3 Å². The van der Waals surface area contributed by atoms with Crippen molar-refractivity contribution in [3.63, 3.8) is 0 Å². The molecule has 0 fully saturated rings. The maximum atomic E-state index is 11.9. The quantitative estimate of drug-likeness (QED) is 0.866. The highest BCUT2D eigenvalue weighted by molar-refractivity contribution is 7.14. The zero-order valence-corrected chi connectivity index (χ0v) is 10.9. The molecule has 1 aromatic heterocycles. The van der Waals surface area contributed by atoms with E-state index in [-0.39, 0.29) is 5.91 Å². The Hall–Kier alpha value is -1.40. The summed E-state index contributed by atoms with van der Waals surface area (Å²) in [7, 11) is 0. The molecule has 1 aliphatic heterocycles. The number of carbonyl (C=O) groups excluding carboxylic acids is 1. The van der Waals surface area contributed by atoms with Crippen molar-refractivity contribution in [3.8, 4) is 0 Å². The molecule has 1 unspecified atom stereocenters. The fraction of sp³-hybridized carbons (Fsp3) is 0.500. The van der Waals surface area contributed by atoms with Gasteiger partial charge in [-0.3, -0.25) is 4.79 Å². The molecule has 0 saturated heterocycles. The van der Waals surface area contributed by atoms with Crippen LogP contribution in [0.25, 0.3) is 0 Å². The largest absolute Gasteiger partial charge is 0.480 e. The zero-order chi connectivity index (χ0) is 13.1. The van der Waals surface area contributed by atoms with Gasteiger partial charge in [0.2, 0.25) is 0 Å². The minimum Gasteiger partial charge on any atom is -0.480 e. The van der Waals surface area contributed by atoms with Crippen LogP contribution in [-0.4, -0.2) is 29.6 Å². The highest BCUT2D eigenvalue weighted by Gasteiger charge is 2.22. The lowest BCUT2D eigenvalue weighted by molar-refractivity contribution is -0.139. The molecule has 1 aromatic rings. The number of carboxylic acid groups (broad SMARTS) is 1. The molecule has 2 heterocycles. The molecule has 1 amide bonds. The second kappa shape index (κ2) is 5.49. The Morgan fingerprint density at radius 2 is 2.39 bits per heavy atom. The molecule has 18 heavy (non-hydrogen) atoms. The molecule has 6 heteroatoms. The van der Waals surface area contributed by atoms with Crippen LogP contribution in [0.15, 0.2) is 6.07 Å². The Morgan fingerprint density at radius 1 is 1.61 bits per heavy atom. The normalized spacial score (nSPS) is 15.8. The van der Waals surface area contributed by atoms with E-state index in [4.69, 9.17) is 9.84 Å². The molecule has 5 nitrogen and oxygen atoms in total. The Kier molecular flexibility index (Phi) is 3.98. The Balaban J connectivity index is 2.09. The lowest BCUT2D eigenvalue weighted by Gasteiger charge is -2.10. The summed E-state index contributed by atoms with van der Waals surface area (Å²) in [5.41, 5.74) is 1.04. The van der Waals surface area contributed by atoms with E-state index in [0.29, 0.717) is 24.5 Å². The molecule has 0 spiro atoms. The van der Waals surface area contributed by atoms with Gasteiger partial charge in [-0.2, -0.15) is 0 Å². The van der Waals surface area contributed by atoms with Gasteiger partial charge in [-0.1, -0.05) is 6.92 Å². The third-order valence-electron chi connectivity index (χ3n) is 2.86. The maximum Gasteiger partial charge on any atom is 0.326 e. The number of hydrogen-bond acceptors (Lipinski definition) is 4. The van der Waals surface area contributed by atoms with Crippen molar-refractivity contribution in [3.05, 3.63) is 21.4 Å². The van der Waals surface area contributed by atoms with Crippen LogP contribution in [0.4, 0.5) is 0 Å². The second-order valence-corrected chi connectivity index (χ2v) is 5.27. The van der Waals surface area contributed by atoms with E-state index in [1.807, 2.05) is 0 Å². The molecular formula is C12H15NO4S. The van der Waals surface area contributed by atoms with E-state index in [9.17, 15) is 9.59 Å². The predicted octanol–water partition coefficient (Wildman–Crippen LogP) is 1.41. The molecule has 0 saturated carbocycles. The predicted molar refractivity (Wildman–Crippen MR) is 66.9 cm³/mol. The molecule has 0 aromatic carbocycles. The molecule has 0 radical (unpaired) electrons. The molecular weight excluding hydrogens is 254 g/mol. The number of amides is 1. The number of aliphatic carboxylic acids is 1. The number of fused-ring (bicyclic) bond motifs is 1. The summed E-state index contributed by atoms with van der Waals surface area (Å²) in [6.07, 6.45) is 1.19. The van der Waals surface area contributed by atoms with Gasteiger partial charge in [0.1, 0.15) is 6.04 Å².